The van der Waals surface area contributed by atoms with E-state index < -0.39 is 41.7 Å². The summed E-state index contributed by atoms with van der Waals surface area (Å²) in [6.07, 6.45) is -4.59. The number of halogens is 3. The first-order valence-electron chi connectivity index (χ1n) is 9.72. The number of alkyl halides is 3. The van der Waals surface area contributed by atoms with Crippen molar-refractivity contribution in [3.8, 4) is 0 Å². The Morgan fingerprint density at radius 3 is 2.71 bits per heavy atom. The highest BCUT2D eigenvalue weighted by atomic mass is 19.4. The fourth-order valence-electron chi connectivity index (χ4n) is 3.63. The average molecular weight is 440 g/mol. The van der Waals surface area contributed by atoms with Gasteiger partial charge in [-0.2, -0.15) is 13.2 Å². The first-order chi connectivity index (χ1) is 14.6. The summed E-state index contributed by atoms with van der Waals surface area (Å²) in [5.41, 5.74) is -0.363. The highest BCUT2D eigenvalue weighted by molar-refractivity contribution is 5.91. The Labute approximate surface area is 176 Å². The molecule has 1 aromatic heterocycles. The number of imidazole rings is 1. The number of carbonyl (C=O) groups excluding carboxylic acids is 1. The number of benzene rings is 1. The summed E-state index contributed by atoms with van der Waals surface area (Å²) in [7, 11) is 1.48. The lowest BCUT2D eigenvalue weighted by atomic mass is 10.0. The lowest BCUT2D eigenvalue weighted by Crippen LogP contribution is -2.55. The molecule has 1 aromatic carbocycles. The number of aromatic amines is 1. The molecule has 1 saturated heterocycles. The van der Waals surface area contributed by atoms with Crippen LogP contribution in [0.2, 0.25) is 0 Å². The number of carboxylic acid groups (broad SMARTS) is 1. The molecular weight excluding hydrogens is 417 g/mol. The number of carboxylic acids is 1. The number of anilines is 1. The van der Waals surface area contributed by atoms with Crippen LogP contribution in [0.4, 0.5) is 18.9 Å². The second-order valence-electron chi connectivity index (χ2n) is 7.21. The monoisotopic (exact) mass is 440 g/mol. The number of hydrogen-bond donors (Lipinski definition) is 3. The molecule has 168 valence electrons. The van der Waals surface area contributed by atoms with Crippen molar-refractivity contribution in [1.82, 2.24) is 15.3 Å². The molecular formula is C20H23F3N4O4. The molecule has 3 rings (SSSR count). The van der Waals surface area contributed by atoms with Crippen molar-refractivity contribution in [2.45, 2.75) is 38.1 Å². The van der Waals surface area contributed by atoms with Crippen molar-refractivity contribution < 1.29 is 32.6 Å². The molecule has 0 unspecified atom stereocenters. The summed E-state index contributed by atoms with van der Waals surface area (Å²) in [6.45, 7) is 2.41. The lowest BCUT2D eigenvalue weighted by molar-refractivity contribution is -0.141. The molecule has 1 fully saturated rings. The topological polar surface area (TPSA) is 108 Å². The molecule has 0 spiro atoms. The van der Waals surface area contributed by atoms with Gasteiger partial charge in [-0.15, -0.1) is 0 Å². The third kappa shape index (κ3) is 4.98. The average Bonchev–Trinajstić information content (AvgIpc) is 3.19. The van der Waals surface area contributed by atoms with Crippen LogP contribution in [0.5, 0.6) is 0 Å². The van der Waals surface area contributed by atoms with Gasteiger partial charge in [0.1, 0.15) is 0 Å². The molecule has 1 aliphatic rings. The van der Waals surface area contributed by atoms with Crippen LogP contribution in [-0.2, 0) is 17.3 Å². The van der Waals surface area contributed by atoms with Crippen molar-refractivity contribution in [1.29, 1.82) is 0 Å². The second kappa shape index (κ2) is 8.96. The van der Waals surface area contributed by atoms with E-state index in [0.717, 1.165) is 0 Å². The number of carbonyl (C=O) groups is 2. The Balaban J connectivity index is 1.71. The van der Waals surface area contributed by atoms with Gasteiger partial charge in [-0.3, -0.25) is 4.79 Å². The van der Waals surface area contributed by atoms with Gasteiger partial charge < -0.3 is 25.0 Å². The molecule has 2 aromatic rings. The molecule has 3 N–H and O–H groups in total. The first-order valence-corrected chi connectivity index (χ1v) is 9.72. The fraction of sp³-hybridized carbons (Fsp3) is 0.450. The largest absolute Gasteiger partial charge is 0.478 e. The Bertz CT molecular complexity index is 960. The van der Waals surface area contributed by atoms with Crippen LogP contribution in [0.15, 0.2) is 24.3 Å². The maximum Gasteiger partial charge on any atom is 0.435 e. The maximum atomic E-state index is 13.1. The Morgan fingerprint density at radius 2 is 2.13 bits per heavy atom. The van der Waals surface area contributed by atoms with E-state index >= 15 is 0 Å². The van der Waals surface area contributed by atoms with Crippen LogP contribution >= 0.6 is 0 Å². The smallest absolute Gasteiger partial charge is 0.435 e. The van der Waals surface area contributed by atoms with E-state index in [4.69, 9.17) is 4.74 Å². The molecule has 2 atom stereocenters. The minimum atomic E-state index is -4.65. The number of nitrogens with one attached hydrogen (secondary N) is 2. The number of aromatic nitrogens is 2. The maximum absolute atomic E-state index is 13.1. The first kappa shape index (κ1) is 22.6. The predicted octanol–water partition coefficient (Wildman–Crippen LogP) is 2.71. The number of hydrogen-bond acceptors (Lipinski definition) is 5. The van der Waals surface area contributed by atoms with E-state index in [1.165, 1.54) is 13.2 Å². The number of nitrogens with zero attached hydrogens (tertiary/aromatic N) is 2. The lowest BCUT2D eigenvalue weighted by Gasteiger charge is -2.39. The van der Waals surface area contributed by atoms with E-state index in [1.807, 2.05) is 4.90 Å². The number of piperidine rings is 1. The Morgan fingerprint density at radius 1 is 1.39 bits per heavy atom. The van der Waals surface area contributed by atoms with Crippen molar-refractivity contribution in [2.75, 3.05) is 25.1 Å². The summed E-state index contributed by atoms with van der Waals surface area (Å²) in [5.74, 6) is -2.16. The third-order valence-electron chi connectivity index (χ3n) is 5.25. The van der Waals surface area contributed by atoms with E-state index in [9.17, 15) is 27.9 Å². The molecule has 2 heterocycles. The minimum absolute atomic E-state index is 0.0591. The van der Waals surface area contributed by atoms with E-state index in [-0.39, 0.29) is 17.7 Å². The summed E-state index contributed by atoms with van der Waals surface area (Å²) in [4.78, 5) is 31.6. The van der Waals surface area contributed by atoms with Crippen LogP contribution in [0.3, 0.4) is 0 Å². The zero-order valence-electron chi connectivity index (χ0n) is 17.0. The zero-order valence-corrected chi connectivity index (χ0v) is 17.0. The molecule has 8 nitrogen and oxygen atoms in total. The van der Waals surface area contributed by atoms with Crippen molar-refractivity contribution >= 4 is 17.6 Å². The van der Waals surface area contributed by atoms with Gasteiger partial charge in [0, 0.05) is 31.6 Å². The van der Waals surface area contributed by atoms with Crippen LogP contribution in [0, 0.1) is 0 Å². The van der Waals surface area contributed by atoms with Crippen molar-refractivity contribution in [2.24, 2.45) is 0 Å². The van der Waals surface area contributed by atoms with E-state index in [1.54, 1.807) is 25.1 Å². The number of aromatic carboxylic acids is 1. The molecule has 1 amide bonds. The molecule has 1 aliphatic heterocycles. The number of rotatable bonds is 6. The van der Waals surface area contributed by atoms with Crippen molar-refractivity contribution in [3.05, 3.63) is 47.0 Å². The van der Waals surface area contributed by atoms with Gasteiger partial charge in [-0.05, 0) is 31.0 Å². The van der Waals surface area contributed by atoms with Gasteiger partial charge in [-0.25, -0.2) is 9.78 Å². The molecule has 0 bridgehead atoms. The van der Waals surface area contributed by atoms with E-state index in [2.05, 4.69) is 15.3 Å². The summed E-state index contributed by atoms with van der Waals surface area (Å²) in [6, 6.07) is 6.04. The van der Waals surface area contributed by atoms with Crippen LogP contribution in [0.1, 0.15) is 45.7 Å². The second-order valence-corrected chi connectivity index (χ2v) is 7.21. The van der Waals surface area contributed by atoms with Crippen LogP contribution in [-0.4, -0.2) is 59.3 Å². The quantitative estimate of drug-likeness (QED) is 0.638. The molecule has 31 heavy (non-hydrogen) atoms. The van der Waals surface area contributed by atoms with Crippen LogP contribution < -0.4 is 10.2 Å². The summed E-state index contributed by atoms with van der Waals surface area (Å²) >= 11 is 0. The molecule has 11 heteroatoms. The number of amides is 1. The van der Waals surface area contributed by atoms with Gasteiger partial charge in [0.05, 0.1) is 17.7 Å². The zero-order chi connectivity index (χ0) is 22.8. The number of H-pyrrole nitrogens is 1. The number of methoxy groups -OCH3 is 1. The SMILES string of the molecule is CCc1[nH]c(C(=O)N[C@H]2CCN(c3cccc(C(=O)O)c3)C[C@H]2OC)nc1C(F)(F)F. The minimum Gasteiger partial charge on any atom is -0.478 e. The van der Waals surface area contributed by atoms with Gasteiger partial charge in [-0.1, -0.05) is 13.0 Å². The van der Waals surface area contributed by atoms with Gasteiger partial charge >= 0.3 is 12.1 Å². The van der Waals surface area contributed by atoms with Crippen LogP contribution in [0.25, 0.3) is 0 Å². The van der Waals surface area contributed by atoms with E-state index in [0.29, 0.717) is 25.2 Å². The summed E-state index contributed by atoms with van der Waals surface area (Å²) in [5, 5.41) is 11.9. The molecule has 0 radical (unpaired) electrons. The van der Waals surface area contributed by atoms with Gasteiger partial charge in [0.2, 0.25) is 0 Å². The molecule has 0 saturated carbocycles. The Hall–Kier alpha value is -3.08. The molecule has 0 aliphatic carbocycles. The van der Waals surface area contributed by atoms with Crippen molar-refractivity contribution in [3.63, 3.8) is 0 Å². The Kier molecular flexibility index (Phi) is 6.54. The third-order valence-corrected chi connectivity index (χ3v) is 5.25. The standard InChI is InChI=1S/C20H23F3N4O4/c1-3-13-16(20(21,22)23)26-17(24-13)18(28)25-14-7-8-27(10-15(14)31-2)12-6-4-5-11(9-12)19(29)30/h4-6,9,14-15H,3,7-8,10H2,1-2H3,(H,24,26)(H,25,28)(H,29,30)/t14-,15+/m0/s1. The van der Waals surface area contributed by atoms with Gasteiger partial charge in [0.25, 0.3) is 5.91 Å². The number of ether oxygens (including phenoxy) is 1. The normalized spacial score (nSPS) is 19.3. The highest BCUT2D eigenvalue weighted by Gasteiger charge is 2.38. The predicted molar refractivity (Wildman–Crippen MR) is 105 cm³/mol. The highest BCUT2D eigenvalue weighted by Crippen LogP contribution is 2.31. The van der Waals surface area contributed by atoms with Gasteiger partial charge in [0.15, 0.2) is 11.5 Å². The summed E-state index contributed by atoms with van der Waals surface area (Å²) < 4.78 is 44.8. The fourth-order valence-corrected chi connectivity index (χ4v) is 3.63. The number of aryl methyl sites for hydroxylation is 1.